The molecule has 1 amide bonds. The van der Waals surface area contributed by atoms with Crippen LogP contribution in [0.5, 0.6) is 0 Å². The number of nitrogens with one attached hydrogen (secondary N) is 1. The quantitative estimate of drug-likeness (QED) is 0.819. The second-order valence-electron chi connectivity index (χ2n) is 4.88. The average Bonchev–Trinajstić information content (AvgIpc) is 2.67. The fraction of sp³-hybridized carbons (Fsp3) is 0.500. The van der Waals surface area contributed by atoms with Crippen molar-refractivity contribution in [3.8, 4) is 0 Å². The predicted octanol–water partition coefficient (Wildman–Crippen LogP) is 2.23. The van der Waals surface area contributed by atoms with E-state index in [2.05, 4.69) is 10.3 Å². The van der Waals surface area contributed by atoms with E-state index in [4.69, 9.17) is 5.11 Å². The fourth-order valence-electron chi connectivity index (χ4n) is 2.36. The van der Waals surface area contributed by atoms with Crippen molar-refractivity contribution >= 4 is 11.9 Å². The Kier molecular flexibility index (Phi) is 4.49. The van der Waals surface area contributed by atoms with Crippen molar-refractivity contribution in [3.63, 3.8) is 0 Å². The van der Waals surface area contributed by atoms with Gasteiger partial charge in [0.25, 0.3) is 5.91 Å². The van der Waals surface area contributed by atoms with Crippen LogP contribution in [0, 0.1) is 0 Å². The molecule has 1 aliphatic carbocycles. The maximum atomic E-state index is 12.0. The maximum Gasteiger partial charge on any atom is 0.354 e. The molecule has 1 heterocycles. The first-order chi connectivity index (χ1) is 9.16. The third-order valence-corrected chi connectivity index (χ3v) is 3.39. The van der Waals surface area contributed by atoms with Crippen LogP contribution >= 0.6 is 0 Å². The second kappa shape index (κ2) is 6.31. The number of carboxylic acid groups (broad SMARTS) is 1. The number of hydrogen-bond donors (Lipinski definition) is 2. The Morgan fingerprint density at radius 2 is 1.74 bits per heavy atom. The van der Waals surface area contributed by atoms with Crippen LogP contribution in [-0.2, 0) is 0 Å². The first kappa shape index (κ1) is 13.5. The molecule has 0 aromatic carbocycles. The van der Waals surface area contributed by atoms with Gasteiger partial charge in [-0.3, -0.25) is 4.79 Å². The van der Waals surface area contributed by atoms with Gasteiger partial charge in [-0.25, -0.2) is 9.78 Å². The zero-order valence-electron chi connectivity index (χ0n) is 10.8. The van der Waals surface area contributed by atoms with Crippen molar-refractivity contribution in [2.45, 2.75) is 44.6 Å². The van der Waals surface area contributed by atoms with Gasteiger partial charge in [-0.05, 0) is 25.0 Å². The van der Waals surface area contributed by atoms with Crippen LogP contribution < -0.4 is 5.32 Å². The van der Waals surface area contributed by atoms with Gasteiger partial charge in [-0.1, -0.05) is 31.7 Å². The lowest BCUT2D eigenvalue weighted by molar-refractivity contribution is 0.0690. The summed E-state index contributed by atoms with van der Waals surface area (Å²) in [5.74, 6) is -1.40. The molecule has 0 radical (unpaired) electrons. The van der Waals surface area contributed by atoms with Crippen molar-refractivity contribution < 1.29 is 14.7 Å². The van der Waals surface area contributed by atoms with Crippen LogP contribution in [0.3, 0.4) is 0 Å². The molecule has 1 aliphatic rings. The Hall–Kier alpha value is -1.91. The molecule has 0 spiro atoms. The number of aromatic carboxylic acids is 1. The first-order valence-corrected chi connectivity index (χ1v) is 6.68. The summed E-state index contributed by atoms with van der Waals surface area (Å²) in [6.45, 7) is 0. The van der Waals surface area contributed by atoms with E-state index >= 15 is 0 Å². The first-order valence-electron chi connectivity index (χ1n) is 6.68. The molecule has 0 atom stereocenters. The van der Waals surface area contributed by atoms with Gasteiger partial charge < -0.3 is 10.4 Å². The minimum Gasteiger partial charge on any atom is -0.477 e. The highest BCUT2D eigenvalue weighted by Crippen LogP contribution is 2.17. The summed E-state index contributed by atoms with van der Waals surface area (Å²) in [5, 5.41) is 11.8. The topological polar surface area (TPSA) is 79.3 Å². The predicted molar refractivity (Wildman–Crippen MR) is 70.2 cm³/mol. The van der Waals surface area contributed by atoms with Gasteiger partial charge in [0.2, 0.25) is 0 Å². The number of hydrogen-bond acceptors (Lipinski definition) is 3. The average molecular weight is 262 g/mol. The maximum absolute atomic E-state index is 12.0. The molecule has 1 fully saturated rings. The molecule has 19 heavy (non-hydrogen) atoms. The van der Waals surface area contributed by atoms with E-state index in [9.17, 15) is 9.59 Å². The van der Waals surface area contributed by atoms with E-state index < -0.39 is 5.97 Å². The molecule has 0 saturated heterocycles. The van der Waals surface area contributed by atoms with E-state index in [-0.39, 0.29) is 23.3 Å². The number of amides is 1. The molecule has 1 saturated carbocycles. The van der Waals surface area contributed by atoms with Gasteiger partial charge in [0.1, 0.15) is 11.4 Å². The molecule has 5 nitrogen and oxygen atoms in total. The van der Waals surface area contributed by atoms with Crippen LogP contribution in [0.25, 0.3) is 0 Å². The Morgan fingerprint density at radius 3 is 2.37 bits per heavy atom. The monoisotopic (exact) mass is 262 g/mol. The standard InChI is InChI=1S/C14H18N2O3/c17-13(15-10-6-3-1-2-4-7-10)11-8-5-9-12(16-11)14(18)19/h5,8-10H,1-4,6-7H2,(H,15,17)(H,18,19). The van der Waals surface area contributed by atoms with Crippen molar-refractivity contribution in [3.05, 3.63) is 29.6 Å². The Labute approximate surface area is 112 Å². The lowest BCUT2D eigenvalue weighted by atomic mass is 10.1. The number of carbonyl (C=O) groups excluding carboxylic acids is 1. The van der Waals surface area contributed by atoms with Gasteiger partial charge in [0.05, 0.1) is 0 Å². The van der Waals surface area contributed by atoms with Crippen LogP contribution in [-0.4, -0.2) is 28.0 Å². The molecule has 2 N–H and O–H groups in total. The number of nitrogens with zero attached hydrogens (tertiary/aromatic N) is 1. The minimum atomic E-state index is -1.12. The summed E-state index contributed by atoms with van der Waals surface area (Å²) in [6.07, 6.45) is 6.69. The van der Waals surface area contributed by atoms with Crippen LogP contribution in [0.1, 0.15) is 59.5 Å². The third-order valence-electron chi connectivity index (χ3n) is 3.39. The highest BCUT2D eigenvalue weighted by atomic mass is 16.4. The fourth-order valence-corrected chi connectivity index (χ4v) is 2.36. The summed E-state index contributed by atoms with van der Waals surface area (Å²) in [6, 6.07) is 4.65. The van der Waals surface area contributed by atoms with Crippen molar-refractivity contribution in [1.82, 2.24) is 10.3 Å². The molecule has 5 heteroatoms. The van der Waals surface area contributed by atoms with E-state index in [0.29, 0.717) is 0 Å². The normalized spacial score (nSPS) is 16.6. The summed E-state index contributed by atoms with van der Waals surface area (Å²) >= 11 is 0. The zero-order chi connectivity index (χ0) is 13.7. The molecular formula is C14H18N2O3. The largest absolute Gasteiger partial charge is 0.477 e. The number of carbonyl (C=O) groups is 2. The molecule has 0 bridgehead atoms. The highest BCUT2D eigenvalue weighted by molar-refractivity contribution is 5.94. The van der Waals surface area contributed by atoms with Gasteiger partial charge in [0, 0.05) is 6.04 Å². The molecular weight excluding hydrogens is 244 g/mol. The molecule has 0 unspecified atom stereocenters. The Bertz CT molecular complexity index is 466. The Balaban J connectivity index is 2.02. The van der Waals surface area contributed by atoms with Gasteiger partial charge >= 0.3 is 5.97 Å². The molecule has 0 aliphatic heterocycles. The minimum absolute atomic E-state index is 0.103. The van der Waals surface area contributed by atoms with E-state index in [1.165, 1.54) is 18.9 Å². The number of aromatic nitrogens is 1. The van der Waals surface area contributed by atoms with Crippen LogP contribution in [0.15, 0.2) is 18.2 Å². The Morgan fingerprint density at radius 1 is 1.11 bits per heavy atom. The lowest BCUT2D eigenvalue weighted by Crippen LogP contribution is -2.35. The molecule has 1 aromatic heterocycles. The van der Waals surface area contributed by atoms with Crippen molar-refractivity contribution in [2.75, 3.05) is 0 Å². The van der Waals surface area contributed by atoms with Gasteiger partial charge in [0.15, 0.2) is 0 Å². The lowest BCUT2D eigenvalue weighted by Gasteiger charge is -2.15. The highest BCUT2D eigenvalue weighted by Gasteiger charge is 2.17. The number of rotatable bonds is 3. The molecule has 2 rings (SSSR count). The van der Waals surface area contributed by atoms with Crippen LogP contribution in [0.4, 0.5) is 0 Å². The van der Waals surface area contributed by atoms with Crippen LogP contribution in [0.2, 0.25) is 0 Å². The second-order valence-corrected chi connectivity index (χ2v) is 4.88. The molecule has 102 valence electrons. The summed E-state index contributed by atoms with van der Waals surface area (Å²) in [7, 11) is 0. The molecule has 1 aromatic rings. The summed E-state index contributed by atoms with van der Waals surface area (Å²) in [5.41, 5.74) is 0.0673. The third kappa shape index (κ3) is 3.77. The summed E-state index contributed by atoms with van der Waals surface area (Å²) in [4.78, 5) is 26.7. The van der Waals surface area contributed by atoms with E-state index in [0.717, 1.165) is 25.7 Å². The zero-order valence-corrected chi connectivity index (χ0v) is 10.8. The van der Waals surface area contributed by atoms with E-state index in [1.807, 2.05) is 0 Å². The summed E-state index contributed by atoms with van der Waals surface area (Å²) < 4.78 is 0. The van der Waals surface area contributed by atoms with Gasteiger partial charge in [-0.15, -0.1) is 0 Å². The SMILES string of the molecule is O=C(O)c1cccc(C(=O)NC2CCCCCC2)n1. The van der Waals surface area contributed by atoms with E-state index in [1.54, 1.807) is 12.1 Å². The number of carboxylic acids is 1. The van der Waals surface area contributed by atoms with Gasteiger partial charge in [-0.2, -0.15) is 0 Å². The smallest absolute Gasteiger partial charge is 0.354 e. The van der Waals surface area contributed by atoms with Crippen molar-refractivity contribution in [2.24, 2.45) is 0 Å². The van der Waals surface area contributed by atoms with Crippen molar-refractivity contribution in [1.29, 1.82) is 0 Å². The number of pyridine rings is 1.